The number of rotatable bonds is 3. The van der Waals surface area contributed by atoms with Crippen molar-refractivity contribution in [2.24, 2.45) is 0 Å². The van der Waals surface area contributed by atoms with Gasteiger partial charge in [0.15, 0.2) is 0 Å². The summed E-state index contributed by atoms with van der Waals surface area (Å²) in [4.78, 5) is 15.5. The van der Waals surface area contributed by atoms with Gasteiger partial charge in [-0.3, -0.25) is 0 Å². The van der Waals surface area contributed by atoms with Crippen LogP contribution in [0.25, 0.3) is 11.5 Å². The molecule has 94 valence electrons. The molecule has 0 bridgehead atoms. The van der Waals surface area contributed by atoms with Crippen molar-refractivity contribution in [1.29, 1.82) is 0 Å². The number of benzene rings is 1. The Hall–Kier alpha value is -1.69. The highest BCUT2D eigenvalue weighted by molar-refractivity contribution is 9.08. The first kappa shape index (κ1) is 12.8. The lowest BCUT2D eigenvalue weighted by molar-refractivity contribution is 0.0565. The molecule has 0 saturated carbocycles. The fraction of sp³-hybridized carbons (Fsp3) is 0.167. The molecule has 18 heavy (non-hydrogen) atoms. The molecule has 2 rings (SSSR count). The first-order valence-corrected chi connectivity index (χ1v) is 6.18. The standard InChI is InChI=1S/C12H9BrFNO3/c1-17-12(16)10-9(6-13)15-11(18-10)7-4-2-3-5-8(7)14/h2-5H,6H2,1H3. The second kappa shape index (κ2) is 5.30. The Morgan fingerprint density at radius 2 is 2.22 bits per heavy atom. The number of carbonyl (C=O) groups is 1. The van der Waals surface area contributed by atoms with Crippen LogP contribution in [0.4, 0.5) is 4.39 Å². The van der Waals surface area contributed by atoms with Gasteiger partial charge >= 0.3 is 5.97 Å². The number of halogens is 2. The molecule has 2 aromatic rings. The molecular formula is C12H9BrFNO3. The third-order valence-electron chi connectivity index (χ3n) is 2.30. The third kappa shape index (κ3) is 2.28. The fourth-order valence-electron chi connectivity index (χ4n) is 1.44. The van der Waals surface area contributed by atoms with Crippen molar-refractivity contribution in [3.63, 3.8) is 0 Å². The smallest absolute Gasteiger partial charge is 0.376 e. The number of hydrogen-bond donors (Lipinski definition) is 0. The average molecular weight is 314 g/mol. The van der Waals surface area contributed by atoms with Gasteiger partial charge in [0.1, 0.15) is 11.5 Å². The predicted octanol–water partition coefficient (Wildman–Crippen LogP) is 3.16. The van der Waals surface area contributed by atoms with Crippen molar-refractivity contribution < 1.29 is 18.3 Å². The van der Waals surface area contributed by atoms with Crippen LogP contribution >= 0.6 is 15.9 Å². The first-order chi connectivity index (χ1) is 8.67. The lowest BCUT2D eigenvalue weighted by Crippen LogP contribution is -2.02. The lowest BCUT2D eigenvalue weighted by Gasteiger charge is -1.96. The third-order valence-corrected chi connectivity index (χ3v) is 2.83. The van der Waals surface area contributed by atoms with E-state index in [0.717, 1.165) is 0 Å². The van der Waals surface area contributed by atoms with Gasteiger partial charge in [-0.25, -0.2) is 14.2 Å². The number of oxazole rings is 1. The molecular weight excluding hydrogens is 305 g/mol. The number of ether oxygens (including phenoxy) is 1. The molecule has 0 unspecified atom stereocenters. The maximum absolute atomic E-state index is 13.6. The average Bonchev–Trinajstić information content (AvgIpc) is 2.82. The van der Waals surface area contributed by atoms with E-state index < -0.39 is 11.8 Å². The molecule has 0 fully saturated rings. The number of methoxy groups -OCH3 is 1. The summed E-state index contributed by atoms with van der Waals surface area (Å²) in [5.74, 6) is -1.06. The molecule has 0 amide bonds. The van der Waals surface area contributed by atoms with Gasteiger partial charge in [0.05, 0.1) is 12.7 Å². The van der Waals surface area contributed by atoms with E-state index in [1.807, 2.05) is 0 Å². The summed E-state index contributed by atoms with van der Waals surface area (Å²) in [6.45, 7) is 0. The number of aromatic nitrogens is 1. The van der Waals surface area contributed by atoms with Crippen LogP contribution in [0.5, 0.6) is 0 Å². The Kier molecular flexibility index (Phi) is 3.76. The zero-order valence-electron chi connectivity index (χ0n) is 9.44. The van der Waals surface area contributed by atoms with Gasteiger partial charge < -0.3 is 9.15 Å². The van der Waals surface area contributed by atoms with E-state index in [-0.39, 0.29) is 17.2 Å². The number of nitrogens with zero attached hydrogens (tertiary/aromatic N) is 1. The van der Waals surface area contributed by atoms with Crippen molar-refractivity contribution in [1.82, 2.24) is 4.98 Å². The highest BCUT2D eigenvalue weighted by atomic mass is 79.9. The van der Waals surface area contributed by atoms with Crippen molar-refractivity contribution in [3.8, 4) is 11.5 Å². The van der Waals surface area contributed by atoms with E-state index >= 15 is 0 Å². The molecule has 0 saturated heterocycles. The van der Waals surface area contributed by atoms with Crippen LogP contribution in [0.15, 0.2) is 28.7 Å². The van der Waals surface area contributed by atoms with Crippen molar-refractivity contribution in [2.45, 2.75) is 5.33 Å². The van der Waals surface area contributed by atoms with Gasteiger partial charge in [0.25, 0.3) is 0 Å². The van der Waals surface area contributed by atoms with Crippen LogP contribution in [-0.4, -0.2) is 18.1 Å². The molecule has 1 heterocycles. The van der Waals surface area contributed by atoms with E-state index in [1.165, 1.54) is 19.2 Å². The van der Waals surface area contributed by atoms with Crippen LogP contribution in [0, 0.1) is 5.82 Å². The van der Waals surface area contributed by atoms with E-state index in [0.29, 0.717) is 11.0 Å². The zero-order valence-corrected chi connectivity index (χ0v) is 11.0. The minimum absolute atomic E-state index is 0.0207. The van der Waals surface area contributed by atoms with Crippen molar-refractivity contribution >= 4 is 21.9 Å². The van der Waals surface area contributed by atoms with E-state index in [9.17, 15) is 9.18 Å². The number of carbonyl (C=O) groups excluding carboxylic acids is 1. The molecule has 0 aliphatic heterocycles. The van der Waals surface area contributed by atoms with Crippen LogP contribution in [0.3, 0.4) is 0 Å². The molecule has 1 aromatic heterocycles. The zero-order chi connectivity index (χ0) is 13.1. The molecule has 0 atom stereocenters. The summed E-state index contributed by atoms with van der Waals surface area (Å²) < 4.78 is 23.4. The molecule has 0 aliphatic rings. The van der Waals surface area contributed by atoms with Gasteiger partial charge in [0, 0.05) is 5.33 Å². The summed E-state index contributed by atoms with van der Waals surface area (Å²) in [6.07, 6.45) is 0. The van der Waals surface area contributed by atoms with Crippen LogP contribution in [-0.2, 0) is 10.1 Å². The number of esters is 1. The minimum atomic E-state index is -0.639. The molecule has 4 nitrogen and oxygen atoms in total. The second-order valence-corrected chi connectivity index (χ2v) is 3.96. The van der Waals surface area contributed by atoms with Crippen LogP contribution in [0.2, 0.25) is 0 Å². The molecule has 6 heteroatoms. The predicted molar refractivity (Wildman–Crippen MR) is 65.9 cm³/mol. The summed E-state index contributed by atoms with van der Waals surface area (Å²) in [5.41, 5.74) is 0.579. The quantitative estimate of drug-likeness (QED) is 0.645. The number of hydrogen-bond acceptors (Lipinski definition) is 4. The summed E-state index contributed by atoms with van der Waals surface area (Å²) in [7, 11) is 1.24. The summed E-state index contributed by atoms with van der Waals surface area (Å²) in [6, 6.07) is 6.05. The molecule has 0 N–H and O–H groups in total. The molecule has 0 radical (unpaired) electrons. The Labute approximate surface area is 111 Å². The summed E-state index contributed by atoms with van der Waals surface area (Å²) in [5, 5.41) is 0.315. The van der Waals surface area contributed by atoms with Gasteiger partial charge in [-0.05, 0) is 12.1 Å². The minimum Gasteiger partial charge on any atom is -0.463 e. The Balaban J connectivity index is 2.51. The van der Waals surface area contributed by atoms with Crippen LogP contribution < -0.4 is 0 Å². The molecule has 0 aliphatic carbocycles. The Bertz CT molecular complexity index is 582. The first-order valence-electron chi connectivity index (χ1n) is 5.06. The van der Waals surface area contributed by atoms with Crippen molar-refractivity contribution in [3.05, 3.63) is 41.5 Å². The Morgan fingerprint density at radius 3 is 2.83 bits per heavy atom. The highest BCUT2D eigenvalue weighted by Crippen LogP contribution is 2.25. The maximum atomic E-state index is 13.6. The summed E-state index contributed by atoms with van der Waals surface area (Å²) >= 11 is 3.19. The maximum Gasteiger partial charge on any atom is 0.376 e. The van der Waals surface area contributed by atoms with Gasteiger partial charge in [-0.2, -0.15) is 0 Å². The monoisotopic (exact) mass is 313 g/mol. The van der Waals surface area contributed by atoms with Gasteiger partial charge in [-0.15, -0.1) is 0 Å². The van der Waals surface area contributed by atoms with Crippen LogP contribution in [0.1, 0.15) is 16.2 Å². The van der Waals surface area contributed by atoms with E-state index in [2.05, 4.69) is 25.7 Å². The SMILES string of the molecule is COC(=O)c1oc(-c2ccccc2F)nc1CBr. The number of alkyl halides is 1. The van der Waals surface area contributed by atoms with Gasteiger partial charge in [-0.1, -0.05) is 28.1 Å². The Morgan fingerprint density at radius 1 is 1.50 bits per heavy atom. The normalized spacial score (nSPS) is 10.4. The van der Waals surface area contributed by atoms with Gasteiger partial charge in [0.2, 0.25) is 11.7 Å². The molecule has 0 spiro atoms. The largest absolute Gasteiger partial charge is 0.463 e. The van der Waals surface area contributed by atoms with Crippen molar-refractivity contribution in [2.75, 3.05) is 7.11 Å². The lowest BCUT2D eigenvalue weighted by atomic mass is 10.2. The molecule has 1 aromatic carbocycles. The van der Waals surface area contributed by atoms with E-state index in [1.54, 1.807) is 12.1 Å². The second-order valence-electron chi connectivity index (χ2n) is 3.40. The highest BCUT2D eigenvalue weighted by Gasteiger charge is 2.22. The van der Waals surface area contributed by atoms with E-state index in [4.69, 9.17) is 4.42 Å². The fourth-order valence-corrected chi connectivity index (χ4v) is 1.82. The topological polar surface area (TPSA) is 52.3 Å².